The van der Waals surface area contributed by atoms with E-state index < -0.39 is 6.10 Å². The van der Waals surface area contributed by atoms with Gasteiger partial charge in [0.2, 0.25) is 0 Å². The highest BCUT2D eigenvalue weighted by molar-refractivity contribution is 6.31. The molecule has 20 heavy (non-hydrogen) atoms. The van der Waals surface area contributed by atoms with Gasteiger partial charge in [-0.25, -0.2) is 0 Å². The molecule has 0 bridgehead atoms. The van der Waals surface area contributed by atoms with Crippen LogP contribution < -0.4 is 0 Å². The monoisotopic (exact) mass is 286 g/mol. The molecule has 1 saturated carbocycles. The van der Waals surface area contributed by atoms with Crippen LogP contribution >= 0.6 is 11.6 Å². The van der Waals surface area contributed by atoms with Crippen LogP contribution in [0.1, 0.15) is 53.5 Å². The third-order valence-electron chi connectivity index (χ3n) is 4.41. The molecular formula is C18H19ClO. The van der Waals surface area contributed by atoms with Gasteiger partial charge in [0.05, 0.1) is 0 Å². The van der Waals surface area contributed by atoms with Crippen molar-refractivity contribution in [3.8, 4) is 0 Å². The predicted octanol–water partition coefficient (Wildman–Crippen LogP) is 5.00. The second-order valence-corrected chi connectivity index (χ2v) is 6.06. The van der Waals surface area contributed by atoms with Gasteiger partial charge in [0.1, 0.15) is 6.10 Å². The lowest BCUT2D eigenvalue weighted by atomic mass is 9.79. The van der Waals surface area contributed by atoms with Crippen molar-refractivity contribution in [2.45, 2.75) is 38.2 Å². The van der Waals surface area contributed by atoms with Gasteiger partial charge in [-0.2, -0.15) is 0 Å². The van der Waals surface area contributed by atoms with Gasteiger partial charge in [0.25, 0.3) is 0 Å². The Morgan fingerprint density at radius 3 is 2.60 bits per heavy atom. The van der Waals surface area contributed by atoms with Crippen molar-refractivity contribution in [2.24, 2.45) is 0 Å². The minimum absolute atomic E-state index is 0.603. The molecule has 0 aliphatic heterocycles. The van der Waals surface area contributed by atoms with Gasteiger partial charge in [-0.05, 0) is 54.0 Å². The van der Waals surface area contributed by atoms with Gasteiger partial charge in [-0.1, -0.05) is 54.4 Å². The smallest absolute Gasteiger partial charge is 0.104 e. The Balaban J connectivity index is 1.93. The number of aliphatic hydroxyl groups is 1. The second kappa shape index (κ2) is 5.59. The zero-order chi connectivity index (χ0) is 14.1. The molecule has 0 heterocycles. The lowest BCUT2D eigenvalue weighted by molar-refractivity contribution is 0.219. The molecule has 0 radical (unpaired) electrons. The van der Waals surface area contributed by atoms with Crippen molar-refractivity contribution < 1.29 is 5.11 Å². The topological polar surface area (TPSA) is 20.2 Å². The number of halogens is 1. The van der Waals surface area contributed by atoms with E-state index in [1.54, 1.807) is 0 Å². The fraction of sp³-hybridized carbons (Fsp3) is 0.333. The molecule has 1 N–H and O–H groups in total. The van der Waals surface area contributed by atoms with Gasteiger partial charge in [-0.3, -0.25) is 0 Å². The Morgan fingerprint density at radius 2 is 1.90 bits per heavy atom. The fourth-order valence-corrected chi connectivity index (χ4v) is 3.01. The maximum absolute atomic E-state index is 10.6. The molecule has 0 saturated heterocycles. The van der Waals surface area contributed by atoms with Crippen molar-refractivity contribution in [3.63, 3.8) is 0 Å². The largest absolute Gasteiger partial charge is 0.384 e. The lowest BCUT2D eigenvalue weighted by Gasteiger charge is -2.26. The Morgan fingerprint density at radius 1 is 1.15 bits per heavy atom. The molecule has 104 valence electrons. The van der Waals surface area contributed by atoms with Gasteiger partial charge in [-0.15, -0.1) is 0 Å². The van der Waals surface area contributed by atoms with E-state index in [1.165, 1.54) is 24.8 Å². The Kier molecular flexibility index (Phi) is 3.82. The van der Waals surface area contributed by atoms with Gasteiger partial charge in [0, 0.05) is 5.02 Å². The van der Waals surface area contributed by atoms with Gasteiger partial charge >= 0.3 is 0 Å². The third kappa shape index (κ3) is 2.48. The number of hydrogen-bond acceptors (Lipinski definition) is 1. The summed E-state index contributed by atoms with van der Waals surface area (Å²) in [5, 5.41) is 11.3. The van der Waals surface area contributed by atoms with E-state index in [1.807, 2.05) is 37.3 Å². The quantitative estimate of drug-likeness (QED) is 0.842. The molecule has 2 aromatic carbocycles. The summed E-state index contributed by atoms with van der Waals surface area (Å²) in [6.45, 7) is 1.96. The van der Waals surface area contributed by atoms with Crippen LogP contribution in [-0.2, 0) is 0 Å². The van der Waals surface area contributed by atoms with E-state index >= 15 is 0 Å². The summed E-state index contributed by atoms with van der Waals surface area (Å²) >= 11 is 6.15. The fourth-order valence-electron chi connectivity index (χ4n) is 2.82. The molecule has 1 unspecified atom stereocenters. The molecule has 2 heteroatoms. The molecule has 2 aromatic rings. The van der Waals surface area contributed by atoms with Gasteiger partial charge in [0.15, 0.2) is 0 Å². The summed E-state index contributed by atoms with van der Waals surface area (Å²) < 4.78 is 0. The molecule has 1 fully saturated rings. The van der Waals surface area contributed by atoms with E-state index in [2.05, 4.69) is 12.1 Å². The minimum Gasteiger partial charge on any atom is -0.384 e. The van der Waals surface area contributed by atoms with Crippen molar-refractivity contribution in [1.82, 2.24) is 0 Å². The number of aliphatic hydroxyl groups excluding tert-OH is 1. The van der Waals surface area contributed by atoms with Crippen molar-refractivity contribution >= 4 is 11.6 Å². The van der Waals surface area contributed by atoms with Crippen molar-refractivity contribution in [3.05, 3.63) is 69.7 Å². The summed E-state index contributed by atoms with van der Waals surface area (Å²) in [5.74, 6) is 0.683. The molecule has 0 spiro atoms. The Hall–Kier alpha value is -1.31. The van der Waals surface area contributed by atoms with Crippen LogP contribution in [0.4, 0.5) is 0 Å². The third-order valence-corrected chi connectivity index (χ3v) is 4.82. The molecule has 1 aliphatic rings. The van der Waals surface area contributed by atoms with E-state index in [-0.39, 0.29) is 0 Å². The standard InChI is InChI=1S/C18H19ClO/c1-12-16(9-4-10-17(12)19)18(20)15-8-3-7-14(11-15)13-5-2-6-13/h3-4,7-11,13,18,20H,2,5-6H2,1H3. The molecule has 0 aromatic heterocycles. The summed E-state index contributed by atoms with van der Waals surface area (Å²) in [4.78, 5) is 0. The Bertz CT molecular complexity index is 617. The summed E-state index contributed by atoms with van der Waals surface area (Å²) in [5.41, 5.74) is 4.16. The molecular weight excluding hydrogens is 268 g/mol. The first-order valence-electron chi connectivity index (χ1n) is 7.20. The van der Waals surface area contributed by atoms with Gasteiger partial charge < -0.3 is 5.11 Å². The van der Waals surface area contributed by atoms with Crippen LogP contribution in [0.3, 0.4) is 0 Å². The maximum Gasteiger partial charge on any atom is 0.104 e. The molecule has 3 rings (SSSR count). The zero-order valence-corrected chi connectivity index (χ0v) is 12.4. The maximum atomic E-state index is 10.6. The van der Waals surface area contributed by atoms with E-state index in [4.69, 9.17) is 11.6 Å². The van der Waals surface area contributed by atoms with Crippen molar-refractivity contribution in [1.29, 1.82) is 0 Å². The molecule has 0 amide bonds. The second-order valence-electron chi connectivity index (χ2n) is 5.65. The van der Waals surface area contributed by atoms with Crippen LogP contribution in [0.25, 0.3) is 0 Å². The van der Waals surface area contributed by atoms with Crippen molar-refractivity contribution in [2.75, 3.05) is 0 Å². The summed E-state index contributed by atoms with van der Waals surface area (Å²) in [6.07, 6.45) is 3.27. The minimum atomic E-state index is -0.603. The zero-order valence-electron chi connectivity index (χ0n) is 11.6. The average molecular weight is 287 g/mol. The lowest BCUT2D eigenvalue weighted by Crippen LogP contribution is -2.10. The average Bonchev–Trinajstić information content (AvgIpc) is 2.40. The predicted molar refractivity (Wildman–Crippen MR) is 83.3 cm³/mol. The highest BCUT2D eigenvalue weighted by Gasteiger charge is 2.21. The number of hydrogen-bond donors (Lipinski definition) is 1. The number of rotatable bonds is 3. The molecule has 1 atom stereocenters. The first-order chi connectivity index (χ1) is 9.66. The van der Waals surface area contributed by atoms with Crippen LogP contribution in [-0.4, -0.2) is 5.11 Å². The van der Waals surface area contributed by atoms with E-state index in [9.17, 15) is 5.11 Å². The van der Waals surface area contributed by atoms with Crippen LogP contribution in [0, 0.1) is 6.92 Å². The first kappa shape index (κ1) is 13.7. The highest BCUT2D eigenvalue weighted by atomic mass is 35.5. The molecule has 1 nitrogen and oxygen atoms in total. The molecule has 1 aliphatic carbocycles. The van der Waals surface area contributed by atoms with Crippen LogP contribution in [0.5, 0.6) is 0 Å². The van der Waals surface area contributed by atoms with E-state index in [0.717, 1.165) is 16.7 Å². The summed E-state index contributed by atoms with van der Waals surface area (Å²) in [7, 11) is 0. The first-order valence-corrected chi connectivity index (χ1v) is 7.57. The Labute approximate surface area is 125 Å². The summed E-state index contributed by atoms with van der Waals surface area (Å²) in [6, 6.07) is 14.1. The van der Waals surface area contributed by atoms with Crippen LogP contribution in [0.2, 0.25) is 5.02 Å². The van der Waals surface area contributed by atoms with E-state index in [0.29, 0.717) is 10.9 Å². The van der Waals surface area contributed by atoms with Crippen LogP contribution in [0.15, 0.2) is 42.5 Å². The SMILES string of the molecule is Cc1c(Cl)cccc1C(O)c1cccc(C2CCC2)c1. The normalized spacial score (nSPS) is 16.8. The number of benzene rings is 2. The highest BCUT2D eigenvalue weighted by Crippen LogP contribution is 2.38.